The second-order valence-corrected chi connectivity index (χ2v) is 6.98. The maximum atomic E-state index is 12.3. The van der Waals surface area contributed by atoms with Crippen molar-refractivity contribution in [1.82, 2.24) is 9.62 Å². The number of furan rings is 1. The molecule has 0 atom stereocenters. The summed E-state index contributed by atoms with van der Waals surface area (Å²) in [5.41, 5.74) is 0. The first kappa shape index (κ1) is 15.6. The van der Waals surface area contributed by atoms with Gasteiger partial charge in [-0.2, -0.15) is 16.1 Å². The van der Waals surface area contributed by atoms with Crippen LogP contribution in [0.5, 0.6) is 0 Å². The van der Waals surface area contributed by atoms with Crippen LogP contribution in [0.4, 0.5) is 0 Å². The highest BCUT2D eigenvalue weighted by Gasteiger charge is 2.25. The topological polar surface area (TPSA) is 62.6 Å². The Morgan fingerprint density at radius 3 is 2.72 bits per heavy atom. The molecule has 1 heterocycles. The number of sulfonamides is 1. The molecule has 1 N–H and O–H groups in total. The van der Waals surface area contributed by atoms with Gasteiger partial charge in [0.25, 0.3) is 0 Å². The van der Waals surface area contributed by atoms with Crippen LogP contribution in [0.1, 0.15) is 11.5 Å². The Labute approximate surface area is 113 Å². The van der Waals surface area contributed by atoms with Crippen LogP contribution in [0.2, 0.25) is 0 Å². The first-order chi connectivity index (χ1) is 8.43. The Morgan fingerprint density at radius 2 is 2.17 bits per heavy atom. The van der Waals surface area contributed by atoms with E-state index in [1.807, 2.05) is 6.26 Å². The average molecular weight is 292 g/mol. The minimum atomic E-state index is -3.44. The summed E-state index contributed by atoms with van der Waals surface area (Å²) in [6.45, 7) is 2.69. The predicted octanol–water partition coefficient (Wildman–Crippen LogP) is 1.29. The number of rotatable bonds is 7. The van der Waals surface area contributed by atoms with Crippen molar-refractivity contribution in [1.29, 1.82) is 0 Å². The molecule has 18 heavy (non-hydrogen) atoms. The van der Waals surface area contributed by atoms with Gasteiger partial charge in [0.05, 0.1) is 6.54 Å². The Kier molecular flexibility index (Phi) is 5.71. The van der Waals surface area contributed by atoms with Crippen molar-refractivity contribution < 1.29 is 12.8 Å². The lowest BCUT2D eigenvalue weighted by Crippen LogP contribution is -2.29. The monoisotopic (exact) mass is 292 g/mol. The highest BCUT2D eigenvalue weighted by molar-refractivity contribution is 7.98. The first-order valence-electron chi connectivity index (χ1n) is 5.62. The molecule has 1 aromatic rings. The van der Waals surface area contributed by atoms with Gasteiger partial charge in [-0.15, -0.1) is 0 Å². The predicted molar refractivity (Wildman–Crippen MR) is 74.4 cm³/mol. The SMILES string of the molecule is CNCc1cc(S(=O)(=O)N(C)CCSC)c(C)o1. The number of hydrogen-bond acceptors (Lipinski definition) is 5. The summed E-state index contributed by atoms with van der Waals surface area (Å²) in [5.74, 6) is 1.85. The number of nitrogens with one attached hydrogen (secondary N) is 1. The van der Waals surface area contributed by atoms with E-state index in [1.54, 1.807) is 38.8 Å². The summed E-state index contributed by atoms with van der Waals surface area (Å²) in [6, 6.07) is 1.59. The largest absolute Gasteiger partial charge is 0.464 e. The number of hydrogen-bond donors (Lipinski definition) is 1. The van der Waals surface area contributed by atoms with Gasteiger partial charge in [0, 0.05) is 25.4 Å². The van der Waals surface area contributed by atoms with E-state index in [0.717, 1.165) is 5.75 Å². The van der Waals surface area contributed by atoms with Crippen LogP contribution < -0.4 is 5.32 Å². The number of aryl methyl sites for hydroxylation is 1. The van der Waals surface area contributed by atoms with Crippen LogP contribution in [-0.2, 0) is 16.6 Å². The molecule has 0 unspecified atom stereocenters. The third-order valence-corrected chi connectivity index (χ3v) is 5.13. The van der Waals surface area contributed by atoms with E-state index < -0.39 is 10.0 Å². The minimum absolute atomic E-state index is 0.261. The molecule has 0 fully saturated rings. The van der Waals surface area contributed by atoms with Gasteiger partial charge in [0.1, 0.15) is 16.4 Å². The molecule has 1 aromatic heterocycles. The highest BCUT2D eigenvalue weighted by atomic mass is 32.2. The molecule has 5 nitrogen and oxygen atoms in total. The van der Waals surface area contributed by atoms with E-state index in [1.165, 1.54) is 4.31 Å². The van der Waals surface area contributed by atoms with Gasteiger partial charge in [-0.1, -0.05) is 0 Å². The van der Waals surface area contributed by atoms with Crippen LogP contribution in [0.3, 0.4) is 0 Å². The fraction of sp³-hybridized carbons (Fsp3) is 0.636. The molecule has 0 radical (unpaired) electrons. The van der Waals surface area contributed by atoms with Gasteiger partial charge in [-0.05, 0) is 20.2 Å². The third-order valence-electron chi connectivity index (χ3n) is 2.57. The van der Waals surface area contributed by atoms with Crippen LogP contribution in [0.25, 0.3) is 0 Å². The summed E-state index contributed by atoms with van der Waals surface area (Å²) < 4.78 is 31.4. The maximum Gasteiger partial charge on any atom is 0.246 e. The molecular formula is C11H20N2O3S2. The van der Waals surface area contributed by atoms with Crippen molar-refractivity contribution in [3.8, 4) is 0 Å². The van der Waals surface area contributed by atoms with Crippen LogP contribution in [-0.4, -0.2) is 45.4 Å². The quantitative estimate of drug-likeness (QED) is 0.820. The average Bonchev–Trinajstić information content (AvgIpc) is 2.68. The number of thioether (sulfide) groups is 1. The fourth-order valence-corrected chi connectivity index (χ4v) is 3.47. The van der Waals surface area contributed by atoms with Crippen LogP contribution in [0.15, 0.2) is 15.4 Å². The first-order valence-corrected chi connectivity index (χ1v) is 8.46. The van der Waals surface area contributed by atoms with Gasteiger partial charge in [0.2, 0.25) is 10.0 Å². The van der Waals surface area contributed by atoms with E-state index >= 15 is 0 Å². The summed E-state index contributed by atoms with van der Waals surface area (Å²) >= 11 is 1.62. The van der Waals surface area contributed by atoms with E-state index in [-0.39, 0.29) is 4.90 Å². The van der Waals surface area contributed by atoms with Crippen molar-refractivity contribution >= 4 is 21.8 Å². The van der Waals surface area contributed by atoms with Crippen molar-refractivity contribution in [2.75, 3.05) is 32.6 Å². The summed E-state index contributed by atoms with van der Waals surface area (Å²) in [5, 5.41) is 2.93. The molecule has 0 aliphatic rings. The van der Waals surface area contributed by atoms with Crippen molar-refractivity contribution in [3.05, 3.63) is 17.6 Å². The van der Waals surface area contributed by atoms with Gasteiger partial charge < -0.3 is 9.73 Å². The lowest BCUT2D eigenvalue weighted by Gasteiger charge is -2.15. The molecule has 0 bridgehead atoms. The lowest BCUT2D eigenvalue weighted by atomic mass is 10.4. The van der Waals surface area contributed by atoms with Crippen molar-refractivity contribution in [3.63, 3.8) is 0 Å². The van der Waals surface area contributed by atoms with Crippen LogP contribution in [0, 0.1) is 6.92 Å². The van der Waals surface area contributed by atoms with E-state index in [9.17, 15) is 8.42 Å². The van der Waals surface area contributed by atoms with Crippen LogP contribution >= 0.6 is 11.8 Å². The zero-order valence-corrected chi connectivity index (χ0v) is 12.8. The van der Waals surface area contributed by atoms with Gasteiger partial charge in [-0.3, -0.25) is 0 Å². The third kappa shape index (κ3) is 3.50. The zero-order chi connectivity index (χ0) is 13.8. The zero-order valence-electron chi connectivity index (χ0n) is 11.2. The second kappa shape index (κ2) is 6.60. The molecule has 0 aliphatic heterocycles. The standard InChI is InChI=1S/C11H20N2O3S2/c1-9-11(7-10(16-9)8-12-2)18(14,15)13(3)5-6-17-4/h7,12H,5-6,8H2,1-4H3. The smallest absolute Gasteiger partial charge is 0.246 e. The summed E-state index contributed by atoms with van der Waals surface area (Å²) in [4.78, 5) is 0.261. The van der Waals surface area contributed by atoms with Gasteiger partial charge in [0.15, 0.2) is 0 Å². The molecule has 0 spiro atoms. The molecular weight excluding hydrogens is 272 g/mol. The normalized spacial score (nSPS) is 12.3. The Balaban J connectivity index is 2.97. The summed E-state index contributed by atoms with van der Waals surface area (Å²) in [6.07, 6.45) is 1.95. The summed E-state index contributed by atoms with van der Waals surface area (Å²) in [7, 11) is -0.0596. The number of nitrogens with zero attached hydrogens (tertiary/aromatic N) is 1. The molecule has 0 amide bonds. The Hall–Kier alpha value is -0.500. The molecule has 0 aromatic carbocycles. The van der Waals surface area contributed by atoms with Gasteiger partial charge in [-0.25, -0.2) is 8.42 Å². The van der Waals surface area contributed by atoms with E-state index in [4.69, 9.17) is 4.42 Å². The van der Waals surface area contributed by atoms with Crippen molar-refractivity contribution in [2.24, 2.45) is 0 Å². The Bertz CT molecular complexity index is 482. The van der Waals surface area contributed by atoms with Gasteiger partial charge >= 0.3 is 0 Å². The maximum absolute atomic E-state index is 12.3. The fourth-order valence-electron chi connectivity index (χ4n) is 1.55. The molecule has 104 valence electrons. The molecule has 7 heteroatoms. The Morgan fingerprint density at radius 1 is 1.50 bits per heavy atom. The van der Waals surface area contributed by atoms with Crippen molar-refractivity contribution in [2.45, 2.75) is 18.4 Å². The molecule has 1 rings (SSSR count). The molecule has 0 aliphatic carbocycles. The second-order valence-electron chi connectivity index (χ2n) is 3.98. The minimum Gasteiger partial charge on any atom is -0.464 e. The lowest BCUT2D eigenvalue weighted by molar-refractivity contribution is 0.459. The van der Waals surface area contributed by atoms with E-state index in [2.05, 4.69) is 5.32 Å². The van der Waals surface area contributed by atoms with E-state index in [0.29, 0.717) is 24.6 Å². The highest BCUT2D eigenvalue weighted by Crippen LogP contribution is 2.23. The molecule has 0 saturated heterocycles. The molecule has 0 saturated carbocycles.